The first-order valence-electron chi connectivity index (χ1n) is 6.55. The van der Waals surface area contributed by atoms with Gasteiger partial charge in [-0.05, 0) is 6.42 Å². The highest BCUT2D eigenvalue weighted by molar-refractivity contribution is 5.75. The normalized spacial score (nSPS) is 25.9. The molecular formula is C14H18N2O4. The zero-order chi connectivity index (χ0) is 14.6. The lowest BCUT2D eigenvalue weighted by Gasteiger charge is -2.42. The summed E-state index contributed by atoms with van der Waals surface area (Å²) in [5.41, 5.74) is 3.74. The lowest BCUT2D eigenvalue weighted by atomic mass is 10.1. The Labute approximate surface area is 117 Å². The predicted molar refractivity (Wildman–Crippen MR) is 68.8 cm³/mol. The van der Waals surface area contributed by atoms with Crippen LogP contribution in [0.2, 0.25) is 0 Å². The topological polar surface area (TPSA) is 78.5 Å². The van der Waals surface area contributed by atoms with Crippen molar-refractivity contribution < 1.29 is 24.0 Å². The summed E-state index contributed by atoms with van der Waals surface area (Å²) in [6.07, 6.45) is -0.0510. The fourth-order valence-electron chi connectivity index (χ4n) is 2.53. The number of carboxylic acid groups (broad SMARTS) is 1. The fraction of sp³-hybridized carbons (Fsp3) is 0.429. The van der Waals surface area contributed by atoms with Gasteiger partial charge < -0.3 is 14.6 Å². The second-order valence-corrected chi connectivity index (χ2v) is 4.95. The number of hydrogen-bond acceptors (Lipinski definition) is 5. The van der Waals surface area contributed by atoms with E-state index in [4.69, 9.17) is 0 Å². The van der Waals surface area contributed by atoms with Gasteiger partial charge in [-0.2, -0.15) is 4.59 Å². The molecular weight excluding hydrogens is 260 g/mol. The summed E-state index contributed by atoms with van der Waals surface area (Å²) in [4.78, 5) is 23.2. The molecule has 0 radical (unpaired) electrons. The minimum absolute atomic E-state index is 0.233. The van der Waals surface area contributed by atoms with E-state index in [1.165, 1.54) is 7.11 Å². The first-order chi connectivity index (χ1) is 9.57. The van der Waals surface area contributed by atoms with E-state index in [0.717, 1.165) is 5.56 Å². The van der Waals surface area contributed by atoms with Gasteiger partial charge in [0.1, 0.15) is 13.1 Å². The summed E-state index contributed by atoms with van der Waals surface area (Å²) in [7, 11) is 1.30. The van der Waals surface area contributed by atoms with Gasteiger partial charge in [-0.1, -0.05) is 30.3 Å². The van der Waals surface area contributed by atoms with E-state index < -0.39 is 22.7 Å². The number of carbonyl (C=O) groups excluding carboxylic acids is 2. The maximum Gasteiger partial charge on any atom is 0.328 e. The van der Waals surface area contributed by atoms with Crippen LogP contribution in [0.4, 0.5) is 4.79 Å². The van der Waals surface area contributed by atoms with Crippen LogP contribution in [0.5, 0.6) is 0 Å². The SMILES string of the molecule is COC(=O)C1CCC[N@+](Cc2ccccc2)(C(=O)[O-])N1. The molecule has 2 rings (SSSR count). The zero-order valence-electron chi connectivity index (χ0n) is 11.4. The number of hydrogen-bond donors (Lipinski definition) is 1. The zero-order valence-corrected chi connectivity index (χ0v) is 11.4. The van der Waals surface area contributed by atoms with Gasteiger partial charge in [0.05, 0.1) is 7.11 Å². The van der Waals surface area contributed by atoms with E-state index in [1.54, 1.807) is 0 Å². The van der Waals surface area contributed by atoms with Crippen molar-refractivity contribution in [1.29, 1.82) is 0 Å². The average Bonchev–Trinajstić information content (AvgIpc) is 2.47. The molecule has 1 fully saturated rings. The van der Waals surface area contributed by atoms with E-state index in [1.807, 2.05) is 30.3 Å². The van der Waals surface area contributed by atoms with Crippen molar-refractivity contribution >= 4 is 12.1 Å². The number of benzene rings is 1. The van der Waals surface area contributed by atoms with Gasteiger partial charge in [0.2, 0.25) is 0 Å². The Morgan fingerprint density at radius 1 is 1.40 bits per heavy atom. The second-order valence-electron chi connectivity index (χ2n) is 4.95. The minimum Gasteiger partial charge on any atom is -0.497 e. The summed E-state index contributed by atoms with van der Waals surface area (Å²) in [6, 6.07) is 8.66. The number of amides is 1. The van der Waals surface area contributed by atoms with Crippen LogP contribution in [0.15, 0.2) is 30.3 Å². The van der Waals surface area contributed by atoms with E-state index in [2.05, 4.69) is 10.2 Å². The molecule has 0 saturated carbocycles. The van der Waals surface area contributed by atoms with Crippen molar-refractivity contribution in [2.75, 3.05) is 13.7 Å². The van der Waals surface area contributed by atoms with Gasteiger partial charge in [0, 0.05) is 12.0 Å². The number of nitrogens with one attached hydrogen (secondary N) is 1. The highest BCUT2D eigenvalue weighted by atomic mass is 16.5. The molecule has 1 saturated heterocycles. The Hall–Kier alpha value is -1.92. The molecule has 1 aliphatic rings. The fourth-order valence-corrected chi connectivity index (χ4v) is 2.53. The molecule has 1 unspecified atom stereocenters. The number of nitrogens with zero attached hydrogens (tertiary/aromatic N) is 1. The summed E-state index contributed by atoms with van der Waals surface area (Å²) in [5.74, 6) is -0.443. The monoisotopic (exact) mass is 278 g/mol. The Bertz CT molecular complexity index is 491. The lowest BCUT2D eigenvalue weighted by Crippen LogP contribution is -2.71. The van der Waals surface area contributed by atoms with Crippen molar-refractivity contribution in [1.82, 2.24) is 5.43 Å². The molecule has 1 aromatic rings. The maximum absolute atomic E-state index is 11.6. The standard InChI is InChI=1S/C14H18N2O4/c1-20-13(17)12-8-5-9-16(15-12,14(18)19)10-11-6-3-2-4-7-11/h2-4,6-7,12,15H,5,8-10H2,1H3/t12?,16-/m0/s1. The van der Waals surface area contributed by atoms with Gasteiger partial charge in [-0.25, -0.2) is 0 Å². The lowest BCUT2D eigenvalue weighted by molar-refractivity contribution is -0.936. The predicted octanol–water partition coefficient (Wildman–Crippen LogP) is 0.187. The second kappa shape index (κ2) is 6.02. The number of quaternary nitrogens is 1. The smallest absolute Gasteiger partial charge is 0.328 e. The van der Waals surface area contributed by atoms with Gasteiger partial charge >= 0.3 is 5.97 Å². The molecule has 1 N–H and O–H groups in total. The molecule has 1 aliphatic heterocycles. The molecule has 0 aromatic heterocycles. The maximum atomic E-state index is 11.6. The highest BCUT2D eigenvalue weighted by Gasteiger charge is 2.40. The molecule has 20 heavy (non-hydrogen) atoms. The van der Waals surface area contributed by atoms with Crippen molar-refractivity contribution in [2.45, 2.75) is 25.4 Å². The molecule has 0 aliphatic carbocycles. The van der Waals surface area contributed by atoms with Crippen LogP contribution in [-0.2, 0) is 16.1 Å². The Morgan fingerprint density at radius 2 is 2.10 bits per heavy atom. The van der Waals surface area contributed by atoms with Crippen LogP contribution in [-0.4, -0.2) is 36.4 Å². The third-order valence-corrected chi connectivity index (χ3v) is 3.57. The van der Waals surface area contributed by atoms with Crippen LogP contribution < -0.4 is 10.5 Å². The number of esters is 1. The summed E-state index contributed by atoms with van der Waals surface area (Å²) >= 11 is 0. The van der Waals surface area contributed by atoms with E-state index in [0.29, 0.717) is 19.4 Å². The summed E-state index contributed by atoms with van der Waals surface area (Å²) < 4.78 is 4.23. The molecule has 6 heteroatoms. The van der Waals surface area contributed by atoms with Crippen LogP contribution in [0, 0.1) is 0 Å². The van der Waals surface area contributed by atoms with Crippen LogP contribution in [0.1, 0.15) is 18.4 Å². The van der Waals surface area contributed by atoms with Gasteiger partial charge in [-0.15, -0.1) is 5.43 Å². The Kier molecular flexibility index (Phi) is 4.36. The summed E-state index contributed by atoms with van der Waals surface area (Å²) in [6.45, 7) is 0.612. The molecule has 108 valence electrons. The van der Waals surface area contributed by atoms with Crippen LogP contribution in [0.3, 0.4) is 0 Å². The van der Waals surface area contributed by atoms with E-state index in [9.17, 15) is 14.7 Å². The average molecular weight is 278 g/mol. The molecule has 2 atom stereocenters. The molecule has 1 heterocycles. The van der Waals surface area contributed by atoms with Crippen LogP contribution >= 0.6 is 0 Å². The van der Waals surface area contributed by atoms with Crippen molar-refractivity contribution in [3.8, 4) is 0 Å². The number of carbonyl (C=O) groups is 2. The van der Waals surface area contributed by atoms with Gasteiger partial charge in [0.15, 0.2) is 6.04 Å². The summed E-state index contributed by atoms with van der Waals surface area (Å²) in [5, 5.41) is 11.6. The molecule has 1 aromatic carbocycles. The van der Waals surface area contributed by atoms with Crippen molar-refractivity contribution in [3.63, 3.8) is 0 Å². The Balaban J connectivity index is 2.21. The third-order valence-electron chi connectivity index (χ3n) is 3.57. The molecule has 0 spiro atoms. The quantitative estimate of drug-likeness (QED) is 0.630. The van der Waals surface area contributed by atoms with E-state index in [-0.39, 0.29) is 6.54 Å². The van der Waals surface area contributed by atoms with E-state index >= 15 is 0 Å². The van der Waals surface area contributed by atoms with Crippen molar-refractivity contribution in [2.24, 2.45) is 0 Å². The highest BCUT2D eigenvalue weighted by Crippen LogP contribution is 2.20. The third kappa shape index (κ3) is 2.97. The minimum atomic E-state index is -1.23. The molecule has 0 bridgehead atoms. The van der Waals surface area contributed by atoms with Gasteiger partial charge in [-0.3, -0.25) is 4.79 Å². The first kappa shape index (κ1) is 14.5. The molecule has 6 nitrogen and oxygen atoms in total. The van der Waals surface area contributed by atoms with Crippen LogP contribution in [0.25, 0.3) is 0 Å². The number of rotatable bonds is 3. The number of methoxy groups -OCH3 is 1. The Morgan fingerprint density at radius 3 is 2.70 bits per heavy atom. The van der Waals surface area contributed by atoms with Crippen molar-refractivity contribution in [3.05, 3.63) is 35.9 Å². The largest absolute Gasteiger partial charge is 0.497 e. The first-order valence-corrected chi connectivity index (χ1v) is 6.55. The number of ether oxygens (including phenoxy) is 1. The van der Waals surface area contributed by atoms with Gasteiger partial charge in [0.25, 0.3) is 6.09 Å². The molecule has 1 amide bonds.